The molecule has 1 aromatic carbocycles. The highest BCUT2D eigenvalue weighted by molar-refractivity contribution is 7.99. The number of halogens is 1. The highest BCUT2D eigenvalue weighted by Gasteiger charge is 2.20. The monoisotopic (exact) mass is 442 g/mol. The van der Waals surface area contributed by atoms with Crippen molar-refractivity contribution in [3.05, 3.63) is 41.8 Å². The fourth-order valence-electron chi connectivity index (χ4n) is 3.70. The van der Waals surface area contributed by atoms with E-state index < -0.39 is 5.82 Å². The molecule has 7 nitrogen and oxygen atoms in total. The van der Waals surface area contributed by atoms with Crippen molar-refractivity contribution in [3.63, 3.8) is 0 Å². The molecule has 0 saturated carbocycles. The predicted molar refractivity (Wildman–Crippen MR) is 121 cm³/mol. The Morgan fingerprint density at radius 3 is 2.84 bits per heavy atom. The Hall–Kier alpha value is -2.68. The van der Waals surface area contributed by atoms with E-state index in [2.05, 4.69) is 22.2 Å². The lowest BCUT2D eigenvalue weighted by Gasteiger charge is -2.28. The molecule has 0 atom stereocenters. The number of nitrogens with zero attached hydrogens (tertiary/aromatic N) is 5. The van der Waals surface area contributed by atoms with E-state index in [9.17, 15) is 9.18 Å². The van der Waals surface area contributed by atoms with Gasteiger partial charge in [0, 0.05) is 31.0 Å². The van der Waals surface area contributed by atoms with Gasteiger partial charge in [-0.05, 0) is 43.9 Å². The van der Waals surface area contributed by atoms with Crippen LogP contribution in [0.5, 0.6) is 0 Å². The van der Waals surface area contributed by atoms with Gasteiger partial charge in [0.1, 0.15) is 11.6 Å². The Balaban J connectivity index is 1.52. The van der Waals surface area contributed by atoms with E-state index in [1.807, 2.05) is 10.9 Å². The number of rotatable bonds is 8. The number of benzene rings is 1. The van der Waals surface area contributed by atoms with Crippen LogP contribution in [0.4, 0.5) is 10.2 Å². The third-order valence-electron chi connectivity index (χ3n) is 5.24. The second kappa shape index (κ2) is 10.1. The first kappa shape index (κ1) is 21.5. The quantitative estimate of drug-likeness (QED) is 0.421. The first-order chi connectivity index (χ1) is 15.2. The van der Waals surface area contributed by atoms with Crippen LogP contribution in [0.2, 0.25) is 0 Å². The highest BCUT2D eigenvalue weighted by atomic mass is 32.2. The van der Waals surface area contributed by atoms with E-state index >= 15 is 0 Å². The summed E-state index contributed by atoms with van der Waals surface area (Å²) >= 11 is 1.66. The Kier molecular flexibility index (Phi) is 7.01. The van der Waals surface area contributed by atoms with Crippen molar-refractivity contribution in [2.24, 2.45) is 0 Å². The lowest BCUT2D eigenvalue weighted by atomic mass is 10.1. The fraction of sp³-hybridized carbons (Fsp3) is 0.455. The molecule has 1 fully saturated rings. The first-order valence-electron chi connectivity index (χ1n) is 10.8. The molecular weight excluding hydrogens is 415 g/mol. The molecule has 0 spiro atoms. The summed E-state index contributed by atoms with van der Waals surface area (Å²) in [7, 11) is 0. The van der Waals surface area contributed by atoms with Gasteiger partial charge in [-0.3, -0.25) is 4.79 Å². The van der Waals surface area contributed by atoms with Crippen LogP contribution in [0.25, 0.3) is 11.0 Å². The zero-order valence-electron chi connectivity index (χ0n) is 17.7. The number of amides is 1. The topological polar surface area (TPSA) is 75.9 Å². The minimum Gasteiger partial charge on any atom is -0.356 e. The van der Waals surface area contributed by atoms with E-state index in [1.54, 1.807) is 17.8 Å². The van der Waals surface area contributed by atoms with E-state index in [1.165, 1.54) is 37.5 Å². The van der Waals surface area contributed by atoms with Crippen LogP contribution in [0.15, 0.2) is 35.6 Å². The number of fused-ring (bicyclic) bond motifs is 1. The van der Waals surface area contributed by atoms with Crippen LogP contribution in [-0.2, 0) is 6.54 Å². The number of anilines is 1. The molecule has 0 aliphatic carbocycles. The number of hydrogen-bond donors (Lipinski definition) is 1. The molecular formula is C22H27FN6OS. The summed E-state index contributed by atoms with van der Waals surface area (Å²) in [6.45, 7) is 4.98. The van der Waals surface area contributed by atoms with Crippen LogP contribution in [-0.4, -0.2) is 51.0 Å². The summed E-state index contributed by atoms with van der Waals surface area (Å²) < 4.78 is 15.2. The van der Waals surface area contributed by atoms with Gasteiger partial charge in [0.2, 0.25) is 0 Å². The predicted octanol–water partition coefficient (Wildman–Crippen LogP) is 3.89. The van der Waals surface area contributed by atoms with Crippen molar-refractivity contribution in [1.82, 2.24) is 25.1 Å². The van der Waals surface area contributed by atoms with Crippen LogP contribution in [0.3, 0.4) is 0 Å². The molecule has 1 amide bonds. The minimum absolute atomic E-state index is 0.304. The number of thioether (sulfide) groups is 1. The lowest BCUT2D eigenvalue weighted by Crippen LogP contribution is -2.30. The number of carbonyl (C=O) groups excluding carboxylic acids is 1. The molecule has 2 aromatic heterocycles. The van der Waals surface area contributed by atoms with Gasteiger partial charge in [0.15, 0.2) is 10.8 Å². The lowest BCUT2D eigenvalue weighted by molar-refractivity contribution is 0.0951. The van der Waals surface area contributed by atoms with Crippen molar-refractivity contribution >= 4 is 34.5 Å². The minimum atomic E-state index is -0.426. The molecule has 0 unspecified atom stereocenters. The molecule has 3 aromatic rings. The Bertz CT molecular complexity index is 1050. The average Bonchev–Trinajstić information content (AvgIpc) is 3.20. The third kappa shape index (κ3) is 5.15. The number of hydrogen-bond acceptors (Lipinski definition) is 6. The molecule has 1 aliphatic heterocycles. The highest BCUT2D eigenvalue weighted by Crippen LogP contribution is 2.29. The summed E-state index contributed by atoms with van der Waals surface area (Å²) in [6.07, 6.45) is 6.47. The largest absolute Gasteiger partial charge is 0.356 e. The van der Waals surface area contributed by atoms with Gasteiger partial charge in [-0.2, -0.15) is 5.10 Å². The van der Waals surface area contributed by atoms with E-state index in [0.717, 1.165) is 47.3 Å². The van der Waals surface area contributed by atoms with Gasteiger partial charge < -0.3 is 10.2 Å². The fourth-order valence-corrected chi connectivity index (χ4v) is 4.39. The first-order valence-corrected chi connectivity index (χ1v) is 11.8. The van der Waals surface area contributed by atoms with Crippen LogP contribution >= 0.6 is 11.8 Å². The maximum atomic E-state index is 13.4. The molecule has 3 heterocycles. The average molecular weight is 443 g/mol. The molecule has 4 rings (SSSR count). The van der Waals surface area contributed by atoms with Crippen molar-refractivity contribution in [2.45, 2.75) is 44.3 Å². The van der Waals surface area contributed by atoms with Crippen molar-refractivity contribution < 1.29 is 9.18 Å². The van der Waals surface area contributed by atoms with Crippen molar-refractivity contribution in [2.75, 3.05) is 30.3 Å². The molecule has 1 saturated heterocycles. The maximum absolute atomic E-state index is 13.4. The summed E-state index contributed by atoms with van der Waals surface area (Å²) in [5, 5.41) is 9.06. The Morgan fingerprint density at radius 1 is 1.23 bits per heavy atom. The van der Waals surface area contributed by atoms with Gasteiger partial charge >= 0.3 is 0 Å². The van der Waals surface area contributed by atoms with Gasteiger partial charge in [-0.15, -0.1) is 0 Å². The van der Waals surface area contributed by atoms with Crippen LogP contribution in [0.1, 0.15) is 43.0 Å². The van der Waals surface area contributed by atoms with Gasteiger partial charge in [-0.1, -0.05) is 24.8 Å². The van der Waals surface area contributed by atoms with Crippen molar-refractivity contribution in [3.8, 4) is 0 Å². The van der Waals surface area contributed by atoms with Crippen LogP contribution in [0, 0.1) is 5.82 Å². The molecule has 164 valence electrons. The van der Waals surface area contributed by atoms with Gasteiger partial charge in [0.25, 0.3) is 5.91 Å². The second-order valence-electron chi connectivity index (χ2n) is 7.60. The molecule has 31 heavy (non-hydrogen) atoms. The number of nitrogens with one attached hydrogen (secondary N) is 1. The van der Waals surface area contributed by atoms with Gasteiger partial charge in [0.05, 0.1) is 18.1 Å². The van der Waals surface area contributed by atoms with Crippen molar-refractivity contribution in [1.29, 1.82) is 0 Å². The molecule has 0 bridgehead atoms. The standard InChI is InChI=1S/C22H27FN6OS/c1-2-13-31-22-26-19(28-10-4-3-5-11-28)18-15-25-29(20(18)27-22)12-9-24-21(30)16-7-6-8-17(23)14-16/h6-8,14-15H,2-5,9-13H2,1H3,(H,24,30). The normalized spacial score (nSPS) is 14.2. The molecule has 1 aliphatic rings. The maximum Gasteiger partial charge on any atom is 0.251 e. The molecule has 0 radical (unpaired) electrons. The summed E-state index contributed by atoms with van der Waals surface area (Å²) in [5.41, 5.74) is 1.09. The van der Waals surface area contributed by atoms with Crippen LogP contribution < -0.4 is 10.2 Å². The summed E-state index contributed by atoms with van der Waals surface area (Å²) in [6, 6.07) is 5.67. The Morgan fingerprint density at radius 2 is 2.06 bits per heavy atom. The van der Waals surface area contributed by atoms with E-state index in [-0.39, 0.29) is 5.91 Å². The van der Waals surface area contributed by atoms with Gasteiger partial charge in [-0.25, -0.2) is 19.0 Å². The molecule has 9 heteroatoms. The second-order valence-corrected chi connectivity index (χ2v) is 8.66. The number of carbonyl (C=O) groups is 1. The number of aromatic nitrogens is 4. The summed E-state index contributed by atoms with van der Waals surface area (Å²) in [5.74, 6) is 1.19. The third-order valence-corrected chi connectivity index (χ3v) is 6.30. The number of piperidine rings is 1. The summed E-state index contributed by atoms with van der Waals surface area (Å²) in [4.78, 5) is 24.2. The molecule has 1 N–H and O–H groups in total. The van der Waals surface area contributed by atoms with E-state index in [0.29, 0.717) is 18.7 Å². The zero-order chi connectivity index (χ0) is 21.6. The smallest absolute Gasteiger partial charge is 0.251 e. The SMILES string of the molecule is CCCSc1nc(N2CCCCC2)c2cnn(CCNC(=O)c3cccc(F)c3)c2n1. The zero-order valence-corrected chi connectivity index (χ0v) is 18.5. The van der Waals surface area contributed by atoms with E-state index in [4.69, 9.17) is 9.97 Å². The Labute approximate surface area is 185 Å².